The van der Waals surface area contributed by atoms with Gasteiger partial charge in [-0.05, 0) is 97.8 Å². The first-order valence-corrected chi connectivity index (χ1v) is 17.2. The van der Waals surface area contributed by atoms with Gasteiger partial charge in [0, 0.05) is 25.0 Å². The molecule has 0 amide bonds. The minimum Gasteiger partial charge on any atom is -0.464 e. The Hall–Kier alpha value is -1.62. The van der Waals surface area contributed by atoms with Gasteiger partial charge in [0.25, 0.3) is 0 Å². The van der Waals surface area contributed by atoms with Crippen molar-refractivity contribution >= 4 is 37.5 Å². The molecule has 2 fully saturated rings. The van der Waals surface area contributed by atoms with Crippen molar-refractivity contribution in [3.05, 3.63) is 96.4 Å². The van der Waals surface area contributed by atoms with Gasteiger partial charge >= 0.3 is 0 Å². The zero-order chi connectivity index (χ0) is 26.3. The van der Waals surface area contributed by atoms with Gasteiger partial charge in [0.05, 0.1) is 12.5 Å². The molecule has 2 aromatic carbocycles. The quantitative estimate of drug-likeness (QED) is 0.157. The molecule has 0 radical (unpaired) electrons. The van der Waals surface area contributed by atoms with E-state index in [9.17, 15) is 0 Å². The van der Waals surface area contributed by atoms with Gasteiger partial charge in [0.1, 0.15) is 11.0 Å². The maximum atomic E-state index is 6.00. The summed E-state index contributed by atoms with van der Waals surface area (Å²) in [5.74, 6) is 0.636. The Morgan fingerprint density at radius 2 is 1.13 bits per heavy atom. The molecule has 0 spiro atoms. The summed E-state index contributed by atoms with van der Waals surface area (Å²) in [7, 11) is -1.13. The van der Waals surface area contributed by atoms with Crippen LogP contribution in [0.3, 0.4) is 0 Å². The molecule has 39 heavy (non-hydrogen) atoms. The van der Waals surface area contributed by atoms with E-state index in [4.69, 9.17) is 8.83 Å². The van der Waals surface area contributed by atoms with Crippen LogP contribution >= 0.6 is 15.8 Å². The molecular formula is C34H42FeO2P2. The minimum absolute atomic E-state index is 0. The molecule has 208 valence electrons. The van der Waals surface area contributed by atoms with Gasteiger partial charge in [-0.15, -0.1) is 0 Å². The Morgan fingerprint density at radius 1 is 0.641 bits per heavy atom. The monoisotopic (exact) mass is 600 g/mol. The molecule has 0 N–H and O–H groups in total. The standard InChI is InChI=1S/C29H32O2P2.C5H10.Fe/c1-21-11-4-6-14-25(21)32(26-15-7-5-12-22(26)2)23(3)24-13-8-16-27(24)33(28-17-9-19-30-28)29-18-10-20-31-29;1-2-4-5-3-1;/h4-7,9-12,14-15,17-20,23-24,27H,8,13,16H2,1-3H3;1-5H2;/t23-,24?,27?;;/m1../s1. The number of furan rings is 2. The van der Waals surface area contributed by atoms with Crippen LogP contribution in [0.1, 0.15) is 69.4 Å². The summed E-state index contributed by atoms with van der Waals surface area (Å²) in [5.41, 5.74) is 6.16. The second-order valence-corrected chi connectivity index (χ2v) is 15.7. The number of hydrogen-bond donors (Lipinski definition) is 0. The Morgan fingerprint density at radius 3 is 1.56 bits per heavy atom. The van der Waals surface area contributed by atoms with Crippen molar-refractivity contribution in [1.29, 1.82) is 0 Å². The van der Waals surface area contributed by atoms with Crippen molar-refractivity contribution in [3.8, 4) is 0 Å². The van der Waals surface area contributed by atoms with Crippen molar-refractivity contribution in [1.82, 2.24) is 0 Å². The molecule has 2 heterocycles. The molecule has 6 rings (SSSR count). The third-order valence-corrected chi connectivity index (χ3v) is 14.4. The minimum atomic E-state index is -0.651. The van der Waals surface area contributed by atoms with E-state index < -0.39 is 15.8 Å². The molecular weight excluding hydrogens is 558 g/mol. The van der Waals surface area contributed by atoms with Crippen LogP contribution in [0.25, 0.3) is 0 Å². The third kappa shape index (κ3) is 7.18. The zero-order valence-electron chi connectivity index (χ0n) is 23.5. The maximum absolute atomic E-state index is 6.00. The number of aryl methyl sites for hydroxylation is 2. The fraction of sp³-hybridized carbons (Fsp3) is 0.412. The van der Waals surface area contributed by atoms with Gasteiger partial charge in [-0.3, -0.25) is 0 Å². The summed E-state index contributed by atoms with van der Waals surface area (Å²) in [4.78, 5) is 0. The summed E-state index contributed by atoms with van der Waals surface area (Å²) in [5, 5.41) is 3.06. The van der Waals surface area contributed by atoms with Crippen LogP contribution in [-0.2, 0) is 17.1 Å². The van der Waals surface area contributed by atoms with Crippen molar-refractivity contribution < 1.29 is 25.9 Å². The fourth-order valence-electron chi connectivity index (χ4n) is 6.41. The molecule has 2 aliphatic rings. The average Bonchev–Trinajstić information content (AvgIpc) is 3.77. The van der Waals surface area contributed by atoms with Crippen LogP contribution in [-0.4, -0.2) is 11.3 Å². The first-order valence-electron chi connectivity index (χ1n) is 14.4. The second-order valence-electron chi connectivity index (χ2n) is 10.9. The molecule has 2 aliphatic carbocycles. The number of benzene rings is 2. The average molecular weight is 601 g/mol. The van der Waals surface area contributed by atoms with Crippen LogP contribution in [0.2, 0.25) is 0 Å². The smallest absolute Gasteiger partial charge is 0.133 e. The normalized spacial score (nSPS) is 19.5. The summed E-state index contributed by atoms with van der Waals surface area (Å²) < 4.78 is 12.0. The zero-order valence-corrected chi connectivity index (χ0v) is 26.4. The van der Waals surface area contributed by atoms with Crippen LogP contribution in [0.15, 0.2) is 94.2 Å². The van der Waals surface area contributed by atoms with Crippen LogP contribution in [0.5, 0.6) is 0 Å². The van der Waals surface area contributed by atoms with Crippen LogP contribution in [0.4, 0.5) is 0 Å². The molecule has 3 atom stereocenters. The fourth-order valence-corrected chi connectivity index (χ4v) is 12.8. The molecule has 0 aliphatic heterocycles. The number of rotatable bonds is 7. The van der Waals surface area contributed by atoms with Gasteiger partial charge < -0.3 is 8.83 Å². The molecule has 0 saturated heterocycles. The number of hydrogen-bond acceptors (Lipinski definition) is 2. The molecule has 5 heteroatoms. The van der Waals surface area contributed by atoms with Crippen LogP contribution in [0, 0.1) is 19.8 Å². The first-order chi connectivity index (χ1) is 18.6. The molecule has 2 aromatic heterocycles. The van der Waals surface area contributed by atoms with E-state index in [1.165, 1.54) is 73.1 Å². The van der Waals surface area contributed by atoms with Crippen molar-refractivity contribution in [2.75, 3.05) is 0 Å². The molecule has 0 bridgehead atoms. The topological polar surface area (TPSA) is 26.3 Å². The molecule has 2 unspecified atom stereocenters. The van der Waals surface area contributed by atoms with Crippen molar-refractivity contribution in [2.24, 2.45) is 5.92 Å². The second kappa shape index (κ2) is 14.8. The summed E-state index contributed by atoms with van der Waals surface area (Å²) in [6.07, 6.45) is 14.9. The third-order valence-electron chi connectivity index (χ3n) is 8.38. The van der Waals surface area contributed by atoms with E-state index in [-0.39, 0.29) is 17.1 Å². The van der Waals surface area contributed by atoms with Gasteiger partial charge in [-0.25, -0.2) is 0 Å². The molecule has 2 nitrogen and oxygen atoms in total. The summed E-state index contributed by atoms with van der Waals surface area (Å²) in [6.45, 7) is 7.08. The molecule has 2 saturated carbocycles. The van der Waals surface area contributed by atoms with E-state index >= 15 is 0 Å². The van der Waals surface area contributed by atoms with E-state index in [1.54, 1.807) is 0 Å². The van der Waals surface area contributed by atoms with Crippen molar-refractivity contribution in [2.45, 2.75) is 83.5 Å². The Bertz CT molecular complexity index is 1160. The van der Waals surface area contributed by atoms with E-state index in [2.05, 4.69) is 81.4 Å². The first kappa shape index (κ1) is 30.3. The van der Waals surface area contributed by atoms with Crippen molar-refractivity contribution in [3.63, 3.8) is 0 Å². The predicted molar refractivity (Wildman–Crippen MR) is 166 cm³/mol. The van der Waals surface area contributed by atoms with E-state index in [1.807, 2.05) is 24.7 Å². The SMILES string of the molecule is C1CCCC1.Cc1ccccc1P(c1ccccc1C)[C@H](C)C1CCCC1P(c1ccco1)c1ccco1.[Fe]. The van der Waals surface area contributed by atoms with Gasteiger partial charge in [0.2, 0.25) is 0 Å². The van der Waals surface area contributed by atoms with Gasteiger partial charge in [-0.2, -0.15) is 0 Å². The van der Waals surface area contributed by atoms with Crippen LogP contribution < -0.4 is 21.6 Å². The molecule has 4 aromatic rings. The van der Waals surface area contributed by atoms with E-state index in [0.717, 1.165) is 11.0 Å². The predicted octanol–water partition coefficient (Wildman–Crippen LogP) is 8.56. The largest absolute Gasteiger partial charge is 0.464 e. The maximum Gasteiger partial charge on any atom is 0.133 e. The van der Waals surface area contributed by atoms with Gasteiger partial charge in [0.15, 0.2) is 0 Å². The Balaban J connectivity index is 0.000000530. The van der Waals surface area contributed by atoms with E-state index in [0.29, 0.717) is 17.2 Å². The summed E-state index contributed by atoms with van der Waals surface area (Å²) in [6, 6.07) is 26.4. The Labute approximate surface area is 248 Å². The van der Waals surface area contributed by atoms with Gasteiger partial charge in [-0.1, -0.05) is 94.0 Å². The summed E-state index contributed by atoms with van der Waals surface area (Å²) >= 11 is 0. The Kier molecular flexibility index (Phi) is 11.6.